The quantitative estimate of drug-likeness (QED) is 0.400. The second kappa shape index (κ2) is 13.1. The van der Waals surface area contributed by atoms with Crippen LogP contribution in [0.25, 0.3) is 0 Å². The van der Waals surface area contributed by atoms with Crippen LogP contribution in [0.2, 0.25) is 0 Å². The molecule has 2 amide bonds. The molecule has 0 aromatic heterocycles. The van der Waals surface area contributed by atoms with Gasteiger partial charge in [-0.2, -0.15) is 0 Å². The maximum absolute atomic E-state index is 13.2. The minimum Gasteiger partial charge on any atom is -0.491 e. The molecule has 2 aromatic carbocycles. The van der Waals surface area contributed by atoms with E-state index >= 15 is 0 Å². The van der Waals surface area contributed by atoms with Gasteiger partial charge in [0, 0.05) is 25.3 Å². The molecule has 0 radical (unpaired) electrons. The van der Waals surface area contributed by atoms with Crippen molar-refractivity contribution in [3.8, 4) is 5.75 Å². The van der Waals surface area contributed by atoms with Gasteiger partial charge in [-0.3, -0.25) is 14.9 Å². The lowest BCUT2D eigenvalue weighted by Crippen LogP contribution is -2.39. The van der Waals surface area contributed by atoms with Crippen molar-refractivity contribution in [2.45, 2.75) is 45.1 Å². The van der Waals surface area contributed by atoms with Crippen molar-refractivity contribution in [2.75, 3.05) is 32.2 Å². The van der Waals surface area contributed by atoms with Crippen LogP contribution in [0.4, 0.5) is 5.69 Å². The number of amides is 2. The van der Waals surface area contributed by atoms with E-state index in [1.54, 1.807) is 36.4 Å². The van der Waals surface area contributed by atoms with Crippen molar-refractivity contribution in [2.24, 2.45) is 0 Å². The highest BCUT2D eigenvalue weighted by Crippen LogP contribution is 2.25. The van der Waals surface area contributed by atoms with E-state index in [0.717, 1.165) is 25.7 Å². The number of para-hydroxylation sites is 1. The van der Waals surface area contributed by atoms with E-state index in [1.165, 1.54) is 6.42 Å². The smallest absolute Gasteiger partial charge is 0.257 e. The second-order valence-corrected chi connectivity index (χ2v) is 8.64. The molecule has 0 bridgehead atoms. The first kappa shape index (κ1) is 25.6. The number of anilines is 1. The first-order valence-corrected chi connectivity index (χ1v) is 12.2. The van der Waals surface area contributed by atoms with Crippen LogP contribution in [0.15, 0.2) is 48.5 Å². The Morgan fingerprint density at radius 1 is 1.03 bits per heavy atom. The molecule has 1 fully saturated rings. The molecule has 0 saturated heterocycles. The molecule has 1 saturated carbocycles. The summed E-state index contributed by atoms with van der Waals surface area (Å²) < 4.78 is 10.8. The molecule has 0 aliphatic heterocycles. The number of hydrogen-bond donors (Lipinski definition) is 2. The summed E-state index contributed by atoms with van der Waals surface area (Å²) in [6, 6.07) is 14.3. The Bertz CT molecular complexity index is 974. The highest BCUT2D eigenvalue weighted by Gasteiger charge is 2.24. The van der Waals surface area contributed by atoms with Crippen LogP contribution in [0, 0.1) is 0 Å². The van der Waals surface area contributed by atoms with E-state index in [1.807, 2.05) is 31.0 Å². The summed E-state index contributed by atoms with van der Waals surface area (Å²) in [5, 5.41) is 5.82. The molecule has 0 unspecified atom stereocenters. The molecule has 182 valence electrons. The monoisotopic (exact) mass is 483 g/mol. The average Bonchev–Trinajstić information content (AvgIpc) is 2.87. The number of carbonyl (C=O) groups excluding carboxylic acids is 2. The van der Waals surface area contributed by atoms with Crippen molar-refractivity contribution in [3.63, 3.8) is 0 Å². The van der Waals surface area contributed by atoms with Crippen LogP contribution in [-0.4, -0.2) is 54.7 Å². The number of nitrogens with one attached hydrogen (secondary N) is 2. The number of rotatable bonds is 9. The fourth-order valence-corrected chi connectivity index (χ4v) is 4.20. The highest BCUT2D eigenvalue weighted by atomic mass is 32.1. The van der Waals surface area contributed by atoms with E-state index in [2.05, 4.69) is 10.6 Å². The van der Waals surface area contributed by atoms with Crippen LogP contribution < -0.4 is 15.4 Å². The van der Waals surface area contributed by atoms with Gasteiger partial charge in [0.15, 0.2) is 5.11 Å². The zero-order valence-corrected chi connectivity index (χ0v) is 20.7. The molecule has 1 aliphatic rings. The molecule has 8 heteroatoms. The summed E-state index contributed by atoms with van der Waals surface area (Å²) in [4.78, 5) is 27.6. The lowest BCUT2D eigenvalue weighted by atomic mass is 9.94. The summed E-state index contributed by atoms with van der Waals surface area (Å²) >= 11 is 5.35. The summed E-state index contributed by atoms with van der Waals surface area (Å²) in [5.74, 6) is 0.261. The standard InChI is InChI=1S/C26H33N3O4S/c1-3-32-17-18-33-21-15-13-19(14-16-21)24(30)28-26(34)27-23-12-8-7-11-22(23)25(31)29(2)20-9-5-4-6-10-20/h7-8,11-16,20H,3-6,9-10,17-18H2,1-2H3,(H2,27,28,30,34). The second-order valence-electron chi connectivity index (χ2n) is 8.23. The van der Waals surface area contributed by atoms with E-state index in [9.17, 15) is 9.59 Å². The van der Waals surface area contributed by atoms with E-state index in [0.29, 0.717) is 42.4 Å². The van der Waals surface area contributed by atoms with Gasteiger partial charge in [0.05, 0.1) is 17.9 Å². The first-order valence-electron chi connectivity index (χ1n) is 11.8. The molecule has 2 N–H and O–H groups in total. The summed E-state index contributed by atoms with van der Waals surface area (Å²) in [6.45, 7) is 3.53. The summed E-state index contributed by atoms with van der Waals surface area (Å²) in [6.07, 6.45) is 5.59. The molecule has 0 spiro atoms. The van der Waals surface area contributed by atoms with Crippen LogP contribution in [-0.2, 0) is 4.74 Å². The predicted molar refractivity (Wildman–Crippen MR) is 138 cm³/mol. The summed E-state index contributed by atoms with van der Waals surface area (Å²) in [7, 11) is 1.86. The van der Waals surface area contributed by atoms with E-state index in [-0.39, 0.29) is 23.0 Å². The molecule has 1 aliphatic carbocycles. The molecule has 0 heterocycles. The number of benzene rings is 2. The third-order valence-corrected chi connectivity index (χ3v) is 6.10. The van der Waals surface area contributed by atoms with E-state index < -0.39 is 0 Å². The average molecular weight is 484 g/mol. The Kier molecular flexibility index (Phi) is 9.85. The summed E-state index contributed by atoms with van der Waals surface area (Å²) in [5.41, 5.74) is 1.54. The maximum atomic E-state index is 13.2. The van der Waals surface area contributed by atoms with Gasteiger partial charge in [-0.05, 0) is 68.4 Å². The molecule has 3 rings (SSSR count). The Hall–Kier alpha value is -2.97. The van der Waals surface area contributed by atoms with Crippen molar-refractivity contribution >= 4 is 34.8 Å². The van der Waals surface area contributed by atoms with Crippen LogP contribution >= 0.6 is 12.2 Å². The third kappa shape index (κ3) is 7.27. The largest absolute Gasteiger partial charge is 0.491 e. The number of nitrogens with zero attached hydrogens (tertiary/aromatic N) is 1. The Labute approximate surface area is 206 Å². The van der Waals surface area contributed by atoms with Crippen molar-refractivity contribution in [1.82, 2.24) is 10.2 Å². The molecular formula is C26H33N3O4S. The minimum atomic E-state index is -0.346. The highest BCUT2D eigenvalue weighted by molar-refractivity contribution is 7.80. The zero-order chi connectivity index (χ0) is 24.3. The lowest BCUT2D eigenvalue weighted by Gasteiger charge is -2.31. The minimum absolute atomic E-state index is 0.0518. The Morgan fingerprint density at radius 3 is 2.44 bits per heavy atom. The number of thiocarbonyl (C=S) groups is 1. The van der Waals surface area contributed by atoms with Gasteiger partial charge >= 0.3 is 0 Å². The normalized spacial score (nSPS) is 13.7. The van der Waals surface area contributed by atoms with Crippen LogP contribution in [0.1, 0.15) is 59.7 Å². The molecule has 34 heavy (non-hydrogen) atoms. The van der Waals surface area contributed by atoms with Gasteiger partial charge in [-0.1, -0.05) is 31.4 Å². The Morgan fingerprint density at radius 2 is 1.74 bits per heavy atom. The number of hydrogen-bond acceptors (Lipinski definition) is 5. The van der Waals surface area contributed by atoms with Gasteiger partial charge in [0.1, 0.15) is 12.4 Å². The zero-order valence-electron chi connectivity index (χ0n) is 19.8. The van der Waals surface area contributed by atoms with Crippen LogP contribution in [0.3, 0.4) is 0 Å². The molecule has 2 aromatic rings. The number of ether oxygens (including phenoxy) is 2. The van der Waals surface area contributed by atoms with Gasteiger partial charge in [0.2, 0.25) is 0 Å². The first-order chi connectivity index (χ1) is 16.5. The topological polar surface area (TPSA) is 79.9 Å². The van der Waals surface area contributed by atoms with Crippen LogP contribution in [0.5, 0.6) is 5.75 Å². The van der Waals surface area contributed by atoms with Crippen molar-refractivity contribution < 1.29 is 19.1 Å². The molecule has 0 atom stereocenters. The lowest BCUT2D eigenvalue weighted by molar-refractivity contribution is 0.0697. The third-order valence-electron chi connectivity index (χ3n) is 5.89. The molecule has 7 nitrogen and oxygen atoms in total. The Balaban J connectivity index is 1.57. The fourth-order valence-electron chi connectivity index (χ4n) is 4.00. The van der Waals surface area contributed by atoms with Gasteiger partial charge in [-0.25, -0.2) is 0 Å². The van der Waals surface area contributed by atoms with Crippen molar-refractivity contribution in [3.05, 3.63) is 59.7 Å². The molecular weight excluding hydrogens is 450 g/mol. The van der Waals surface area contributed by atoms with E-state index in [4.69, 9.17) is 21.7 Å². The maximum Gasteiger partial charge on any atom is 0.257 e. The van der Waals surface area contributed by atoms with Gasteiger partial charge in [0.25, 0.3) is 11.8 Å². The van der Waals surface area contributed by atoms with Gasteiger partial charge < -0.3 is 19.7 Å². The number of carbonyl (C=O) groups is 2. The van der Waals surface area contributed by atoms with Crippen molar-refractivity contribution in [1.29, 1.82) is 0 Å². The fraction of sp³-hybridized carbons (Fsp3) is 0.423. The van der Waals surface area contributed by atoms with Gasteiger partial charge in [-0.15, -0.1) is 0 Å². The predicted octanol–water partition coefficient (Wildman–Crippen LogP) is 4.63. The SMILES string of the molecule is CCOCCOc1ccc(C(=O)NC(=S)Nc2ccccc2C(=O)N(C)C2CCCCC2)cc1.